The first kappa shape index (κ1) is 14.2. The van der Waals surface area contributed by atoms with Crippen molar-refractivity contribution >= 4 is 11.8 Å². The third-order valence-electron chi connectivity index (χ3n) is 5.16. The van der Waals surface area contributed by atoms with Gasteiger partial charge in [0.2, 0.25) is 0 Å². The highest BCUT2D eigenvalue weighted by molar-refractivity contribution is 7.99. The Morgan fingerprint density at radius 1 is 1.16 bits per heavy atom. The van der Waals surface area contributed by atoms with Gasteiger partial charge in [0.05, 0.1) is 17.3 Å². The molecular weight excluding hydrogens is 258 g/mol. The van der Waals surface area contributed by atoms with E-state index in [1.54, 1.807) is 0 Å². The summed E-state index contributed by atoms with van der Waals surface area (Å²) in [5.74, 6) is 2.49. The normalized spacial score (nSPS) is 33.6. The predicted molar refractivity (Wildman–Crippen MR) is 79.6 cm³/mol. The zero-order valence-corrected chi connectivity index (χ0v) is 12.7. The highest BCUT2D eigenvalue weighted by Crippen LogP contribution is 2.41. The molecule has 0 aromatic rings. The molecular formula is C15H27NO2S. The summed E-state index contributed by atoms with van der Waals surface area (Å²) in [6.45, 7) is 1.56. The summed E-state index contributed by atoms with van der Waals surface area (Å²) < 4.78 is 12.6. The van der Waals surface area contributed by atoms with Crippen molar-refractivity contribution in [2.45, 2.75) is 68.7 Å². The first-order valence-electron chi connectivity index (χ1n) is 7.86. The minimum atomic E-state index is -0.00733. The van der Waals surface area contributed by atoms with Crippen LogP contribution in [0.25, 0.3) is 0 Å². The lowest BCUT2D eigenvalue weighted by molar-refractivity contribution is -0.173. The average molecular weight is 285 g/mol. The Balaban J connectivity index is 1.61. The highest BCUT2D eigenvalue weighted by atomic mass is 32.2. The molecule has 3 nitrogen and oxygen atoms in total. The van der Waals surface area contributed by atoms with Gasteiger partial charge < -0.3 is 15.2 Å². The second kappa shape index (κ2) is 5.92. The van der Waals surface area contributed by atoms with Gasteiger partial charge >= 0.3 is 0 Å². The quantitative estimate of drug-likeness (QED) is 0.866. The fraction of sp³-hybridized carbons (Fsp3) is 1.00. The van der Waals surface area contributed by atoms with Gasteiger partial charge in [0.15, 0.2) is 0 Å². The van der Waals surface area contributed by atoms with Crippen molar-refractivity contribution in [3.8, 4) is 0 Å². The molecule has 0 amide bonds. The van der Waals surface area contributed by atoms with Crippen LogP contribution in [0, 0.1) is 0 Å². The fourth-order valence-electron chi connectivity index (χ4n) is 3.92. The number of thioether (sulfide) groups is 1. The van der Waals surface area contributed by atoms with E-state index in [1.807, 2.05) is 0 Å². The third kappa shape index (κ3) is 3.12. The molecule has 1 unspecified atom stereocenters. The van der Waals surface area contributed by atoms with E-state index in [1.165, 1.54) is 37.2 Å². The molecule has 1 aliphatic carbocycles. The summed E-state index contributed by atoms with van der Waals surface area (Å²) in [6, 6.07) is 0. The van der Waals surface area contributed by atoms with Gasteiger partial charge in [-0.1, -0.05) is 12.8 Å². The Labute approximate surface area is 121 Å². The Hall–Kier alpha value is 0.230. The van der Waals surface area contributed by atoms with Gasteiger partial charge in [0, 0.05) is 19.6 Å². The van der Waals surface area contributed by atoms with Crippen LogP contribution in [0.3, 0.4) is 0 Å². The van der Waals surface area contributed by atoms with Crippen molar-refractivity contribution in [1.82, 2.24) is 0 Å². The molecule has 3 fully saturated rings. The van der Waals surface area contributed by atoms with Crippen LogP contribution in [0.1, 0.15) is 51.4 Å². The number of rotatable bonds is 3. The maximum absolute atomic E-state index is 6.50. The molecule has 4 heteroatoms. The topological polar surface area (TPSA) is 44.5 Å². The van der Waals surface area contributed by atoms with Crippen LogP contribution < -0.4 is 5.73 Å². The zero-order valence-electron chi connectivity index (χ0n) is 11.9. The molecule has 1 spiro atoms. The monoisotopic (exact) mass is 285 g/mol. The van der Waals surface area contributed by atoms with Crippen LogP contribution in [0.15, 0.2) is 0 Å². The summed E-state index contributed by atoms with van der Waals surface area (Å²) in [5.41, 5.74) is 6.12. The summed E-state index contributed by atoms with van der Waals surface area (Å²) in [6.07, 6.45) is 9.79. The Morgan fingerprint density at radius 2 is 1.89 bits per heavy atom. The van der Waals surface area contributed by atoms with E-state index in [0.717, 1.165) is 32.3 Å². The van der Waals surface area contributed by atoms with Gasteiger partial charge in [-0.05, 0) is 43.6 Å². The van der Waals surface area contributed by atoms with Gasteiger partial charge in [-0.2, -0.15) is 11.8 Å². The molecule has 2 heterocycles. The fourth-order valence-corrected chi connectivity index (χ4v) is 5.16. The number of hydrogen-bond donors (Lipinski definition) is 1. The number of ether oxygens (including phenoxy) is 2. The lowest BCUT2D eigenvalue weighted by Crippen LogP contribution is -2.49. The van der Waals surface area contributed by atoms with Gasteiger partial charge in [-0.25, -0.2) is 0 Å². The van der Waals surface area contributed by atoms with Crippen molar-refractivity contribution in [3.63, 3.8) is 0 Å². The SMILES string of the molecule is NCC1(OC2CCOC3(CCSCC3)C2)CCCC1. The first-order valence-corrected chi connectivity index (χ1v) is 9.01. The zero-order chi connectivity index (χ0) is 13.2. The molecule has 19 heavy (non-hydrogen) atoms. The van der Waals surface area contributed by atoms with Crippen molar-refractivity contribution < 1.29 is 9.47 Å². The Morgan fingerprint density at radius 3 is 2.58 bits per heavy atom. The summed E-state index contributed by atoms with van der Waals surface area (Å²) in [5, 5.41) is 0. The van der Waals surface area contributed by atoms with Crippen LogP contribution in [0.2, 0.25) is 0 Å². The largest absolute Gasteiger partial charge is 0.375 e. The number of hydrogen-bond acceptors (Lipinski definition) is 4. The smallest absolute Gasteiger partial charge is 0.0807 e. The lowest BCUT2D eigenvalue weighted by atomic mass is 9.86. The molecule has 0 bridgehead atoms. The highest BCUT2D eigenvalue weighted by Gasteiger charge is 2.43. The second-order valence-corrected chi connectivity index (χ2v) is 7.70. The van der Waals surface area contributed by atoms with Crippen LogP contribution >= 0.6 is 11.8 Å². The van der Waals surface area contributed by atoms with E-state index in [2.05, 4.69) is 11.8 Å². The molecule has 0 aromatic carbocycles. The van der Waals surface area contributed by atoms with Gasteiger partial charge in [-0.3, -0.25) is 0 Å². The Bertz CT molecular complexity index is 293. The van der Waals surface area contributed by atoms with Crippen molar-refractivity contribution in [1.29, 1.82) is 0 Å². The van der Waals surface area contributed by atoms with Gasteiger partial charge in [-0.15, -0.1) is 0 Å². The van der Waals surface area contributed by atoms with E-state index >= 15 is 0 Å². The molecule has 3 aliphatic rings. The summed E-state index contributed by atoms with van der Waals surface area (Å²) in [4.78, 5) is 0. The standard InChI is InChI=1S/C15H27NO2S/c16-12-15(4-1-2-5-15)18-13-3-8-17-14(11-13)6-9-19-10-7-14/h13H,1-12,16H2. The Kier molecular flexibility index (Phi) is 4.42. The minimum Gasteiger partial charge on any atom is -0.375 e. The summed E-state index contributed by atoms with van der Waals surface area (Å²) >= 11 is 2.06. The molecule has 0 aromatic heterocycles. The molecule has 1 saturated carbocycles. The van der Waals surface area contributed by atoms with E-state index in [4.69, 9.17) is 15.2 Å². The van der Waals surface area contributed by atoms with Crippen molar-refractivity contribution in [2.75, 3.05) is 24.7 Å². The van der Waals surface area contributed by atoms with Crippen molar-refractivity contribution in [2.24, 2.45) is 5.73 Å². The number of nitrogens with two attached hydrogens (primary N) is 1. The van der Waals surface area contributed by atoms with Gasteiger partial charge in [0.25, 0.3) is 0 Å². The van der Waals surface area contributed by atoms with Gasteiger partial charge in [0.1, 0.15) is 0 Å². The first-order chi connectivity index (χ1) is 9.26. The molecule has 1 atom stereocenters. The van der Waals surface area contributed by atoms with E-state index < -0.39 is 0 Å². The maximum Gasteiger partial charge on any atom is 0.0807 e. The van der Waals surface area contributed by atoms with Crippen LogP contribution in [0.5, 0.6) is 0 Å². The lowest BCUT2D eigenvalue weighted by Gasteiger charge is -2.45. The molecule has 2 aliphatic heterocycles. The van der Waals surface area contributed by atoms with Crippen LogP contribution in [-0.2, 0) is 9.47 Å². The maximum atomic E-state index is 6.50. The second-order valence-electron chi connectivity index (χ2n) is 6.47. The summed E-state index contributed by atoms with van der Waals surface area (Å²) in [7, 11) is 0. The predicted octanol–water partition coefficient (Wildman–Crippen LogP) is 2.72. The van der Waals surface area contributed by atoms with E-state index in [0.29, 0.717) is 12.6 Å². The molecule has 2 N–H and O–H groups in total. The molecule has 3 rings (SSSR count). The van der Waals surface area contributed by atoms with E-state index in [-0.39, 0.29) is 11.2 Å². The van der Waals surface area contributed by atoms with Crippen LogP contribution in [-0.4, -0.2) is 42.0 Å². The molecule has 110 valence electrons. The minimum absolute atomic E-state index is 0.00733. The molecule has 0 radical (unpaired) electrons. The van der Waals surface area contributed by atoms with Crippen LogP contribution in [0.4, 0.5) is 0 Å². The third-order valence-corrected chi connectivity index (χ3v) is 6.14. The van der Waals surface area contributed by atoms with Crippen molar-refractivity contribution in [3.05, 3.63) is 0 Å². The molecule has 2 saturated heterocycles. The average Bonchev–Trinajstić information content (AvgIpc) is 2.89. The van der Waals surface area contributed by atoms with E-state index in [9.17, 15) is 0 Å².